The lowest BCUT2D eigenvalue weighted by atomic mass is 9.96. The number of hydrogen-bond acceptors (Lipinski definition) is 1. The molecule has 2 rings (SSSR count). The molecule has 1 atom stereocenters. The third-order valence-corrected chi connectivity index (χ3v) is 3.91. The quantitative estimate of drug-likeness (QED) is 0.752. The van der Waals surface area contributed by atoms with E-state index in [0.29, 0.717) is 28.1 Å². The van der Waals surface area contributed by atoms with Gasteiger partial charge < -0.3 is 5.32 Å². The maximum atomic E-state index is 13.8. The Morgan fingerprint density at radius 2 is 1.62 bits per heavy atom. The summed E-state index contributed by atoms with van der Waals surface area (Å²) < 4.78 is 13.8. The molecule has 1 nitrogen and oxygen atoms in total. The Bertz CT molecular complexity index is 596. The summed E-state index contributed by atoms with van der Waals surface area (Å²) in [5.41, 5.74) is 1.75. The molecule has 112 valence electrons. The van der Waals surface area contributed by atoms with E-state index in [-0.39, 0.29) is 11.9 Å². The molecule has 0 bridgehead atoms. The number of halogens is 3. The molecule has 0 aliphatic rings. The first kappa shape index (κ1) is 16.3. The van der Waals surface area contributed by atoms with E-state index < -0.39 is 0 Å². The van der Waals surface area contributed by atoms with Crippen LogP contribution in [0, 0.1) is 11.7 Å². The van der Waals surface area contributed by atoms with Crippen LogP contribution in [0.2, 0.25) is 10.0 Å². The van der Waals surface area contributed by atoms with Gasteiger partial charge in [0.2, 0.25) is 0 Å². The summed E-state index contributed by atoms with van der Waals surface area (Å²) in [7, 11) is 0. The first-order chi connectivity index (χ1) is 9.97. The van der Waals surface area contributed by atoms with Crippen molar-refractivity contribution in [2.24, 2.45) is 5.92 Å². The van der Waals surface area contributed by atoms with Crippen molar-refractivity contribution < 1.29 is 4.39 Å². The molecule has 4 heteroatoms. The molecular weight excluding hydrogens is 308 g/mol. The molecule has 0 saturated heterocycles. The molecule has 1 N–H and O–H groups in total. The molecule has 0 fully saturated rings. The van der Waals surface area contributed by atoms with Gasteiger partial charge in [-0.2, -0.15) is 0 Å². The summed E-state index contributed by atoms with van der Waals surface area (Å²) in [6.07, 6.45) is 0. The third kappa shape index (κ3) is 4.44. The normalized spacial score (nSPS) is 12.7. The number of rotatable bonds is 5. The third-order valence-electron chi connectivity index (χ3n) is 3.42. The van der Waals surface area contributed by atoms with Gasteiger partial charge in [-0.25, -0.2) is 4.39 Å². The second-order valence-corrected chi connectivity index (χ2v) is 6.26. The predicted molar refractivity (Wildman–Crippen MR) is 87.3 cm³/mol. The van der Waals surface area contributed by atoms with Gasteiger partial charge in [0.25, 0.3) is 0 Å². The summed E-state index contributed by atoms with van der Waals surface area (Å²) in [6.45, 7) is 4.71. The van der Waals surface area contributed by atoms with Crippen molar-refractivity contribution in [3.8, 4) is 0 Å². The summed E-state index contributed by atoms with van der Waals surface area (Å²) in [6, 6.07) is 12.6. The van der Waals surface area contributed by atoms with Crippen LogP contribution in [0.15, 0.2) is 42.5 Å². The minimum Gasteiger partial charge on any atom is -0.306 e. The largest absolute Gasteiger partial charge is 0.306 e. The van der Waals surface area contributed by atoms with E-state index in [9.17, 15) is 4.39 Å². The van der Waals surface area contributed by atoms with Gasteiger partial charge in [-0.3, -0.25) is 0 Å². The van der Waals surface area contributed by atoms with E-state index in [1.165, 1.54) is 6.07 Å². The molecule has 0 spiro atoms. The molecule has 0 radical (unpaired) electrons. The Kier molecular flexibility index (Phi) is 5.63. The fourth-order valence-corrected chi connectivity index (χ4v) is 2.58. The average Bonchev–Trinajstić information content (AvgIpc) is 2.42. The highest BCUT2D eigenvalue weighted by Gasteiger charge is 2.16. The number of benzene rings is 2. The van der Waals surface area contributed by atoms with Gasteiger partial charge in [0, 0.05) is 28.2 Å². The maximum Gasteiger partial charge on any atom is 0.129 e. The summed E-state index contributed by atoms with van der Waals surface area (Å²) in [5, 5.41) is 4.53. The van der Waals surface area contributed by atoms with Gasteiger partial charge in [0.15, 0.2) is 0 Å². The van der Waals surface area contributed by atoms with Crippen LogP contribution in [0.4, 0.5) is 4.39 Å². The van der Waals surface area contributed by atoms with Crippen molar-refractivity contribution in [1.29, 1.82) is 0 Å². The molecule has 21 heavy (non-hydrogen) atoms. The lowest BCUT2D eigenvalue weighted by molar-refractivity contribution is 0.406. The Balaban J connectivity index is 2.12. The Hall–Kier alpha value is -1.09. The van der Waals surface area contributed by atoms with Gasteiger partial charge in [0.05, 0.1) is 0 Å². The molecule has 0 saturated carbocycles. The second kappa shape index (κ2) is 7.26. The fourth-order valence-electron chi connectivity index (χ4n) is 2.29. The Morgan fingerprint density at radius 1 is 1.00 bits per heavy atom. The highest BCUT2D eigenvalue weighted by atomic mass is 35.5. The highest BCUT2D eigenvalue weighted by Crippen LogP contribution is 2.24. The zero-order valence-corrected chi connectivity index (χ0v) is 13.5. The lowest BCUT2D eigenvalue weighted by Gasteiger charge is -2.23. The maximum absolute atomic E-state index is 13.8. The van der Waals surface area contributed by atoms with Crippen LogP contribution in [0.1, 0.15) is 31.0 Å². The summed E-state index contributed by atoms with van der Waals surface area (Å²) >= 11 is 11.7. The van der Waals surface area contributed by atoms with Crippen molar-refractivity contribution in [3.63, 3.8) is 0 Å². The summed E-state index contributed by atoms with van der Waals surface area (Å²) in [5.74, 6) is 0.0927. The fraction of sp³-hybridized carbons (Fsp3) is 0.294. The van der Waals surface area contributed by atoms with Crippen LogP contribution in [0.25, 0.3) is 0 Å². The average molecular weight is 326 g/mol. The minimum atomic E-state index is -0.284. The molecule has 0 aliphatic heterocycles. The summed E-state index contributed by atoms with van der Waals surface area (Å²) in [4.78, 5) is 0. The van der Waals surface area contributed by atoms with E-state index in [1.54, 1.807) is 12.1 Å². The molecule has 2 aromatic carbocycles. The van der Waals surface area contributed by atoms with Crippen LogP contribution in [-0.4, -0.2) is 0 Å². The molecule has 0 aromatic heterocycles. The van der Waals surface area contributed by atoms with Crippen LogP contribution >= 0.6 is 23.2 Å². The van der Waals surface area contributed by atoms with E-state index in [0.717, 1.165) is 5.56 Å². The molecule has 0 aliphatic carbocycles. The SMILES string of the molecule is CC(C)C(NCc1ccc(Cl)cc1F)c1ccc(Cl)cc1. The molecule has 2 aromatic rings. The van der Waals surface area contributed by atoms with Gasteiger partial charge >= 0.3 is 0 Å². The standard InChI is InChI=1S/C17H18Cl2FN/c1-11(2)17(12-3-6-14(18)7-4-12)21-10-13-5-8-15(19)9-16(13)20/h3-9,11,17,21H,10H2,1-2H3. The van der Waals surface area contributed by atoms with Gasteiger partial charge in [-0.05, 0) is 35.7 Å². The topological polar surface area (TPSA) is 12.0 Å². The van der Waals surface area contributed by atoms with Crippen LogP contribution in [0.3, 0.4) is 0 Å². The van der Waals surface area contributed by atoms with E-state index in [4.69, 9.17) is 23.2 Å². The second-order valence-electron chi connectivity index (χ2n) is 5.39. The smallest absolute Gasteiger partial charge is 0.129 e. The number of hydrogen-bond donors (Lipinski definition) is 1. The van der Waals surface area contributed by atoms with Crippen molar-refractivity contribution >= 4 is 23.2 Å². The predicted octanol–water partition coefficient (Wildman–Crippen LogP) is 5.62. The van der Waals surface area contributed by atoms with Gasteiger partial charge in [-0.1, -0.05) is 55.2 Å². The first-order valence-electron chi connectivity index (χ1n) is 6.90. The van der Waals surface area contributed by atoms with Crippen molar-refractivity contribution in [3.05, 3.63) is 69.5 Å². The van der Waals surface area contributed by atoms with Crippen LogP contribution < -0.4 is 5.32 Å². The zero-order chi connectivity index (χ0) is 15.4. The van der Waals surface area contributed by atoms with Gasteiger partial charge in [0.1, 0.15) is 5.82 Å². The molecule has 1 unspecified atom stereocenters. The van der Waals surface area contributed by atoms with Crippen LogP contribution in [-0.2, 0) is 6.54 Å². The molecule has 0 heterocycles. The first-order valence-corrected chi connectivity index (χ1v) is 7.65. The zero-order valence-electron chi connectivity index (χ0n) is 12.0. The monoisotopic (exact) mass is 325 g/mol. The van der Waals surface area contributed by atoms with Crippen molar-refractivity contribution in [1.82, 2.24) is 5.32 Å². The van der Waals surface area contributed by atoms with E-state index >= 15 is 0 Å². The lowest BCUT2D eigenvalue weighted by Crippen LogP contribution is -2.25. The molecule has 0 amide bonds. The van der Waals surface area contributed by atoms with Crippen LogP contribution in [0.5, 0.6) is 0 Å². The van der Waals surface area contributed by atoms with Gasteiger partial charge in [-0.15, -0.1) is 0 Å². The van der Waals surface area contributed by atoms with E-state index in [2.05, 4.69) is 19.2 Å². The Labute approximate surface area is 135 Å². The van der Waals surface area contributed by atoms with E-state index in [1.807, 2.05) is 24.3 Å². The number of nitrogens with one attached hydrogen (secondary N) is 1. The Morgan fingerprint density at radius 3 is 2.19 bits per heavy atom. The van der Waals surface area contributed by atoms with Crippen molar-refractivity contribution in [2.45, 2.75) is 26.4 Å². The highest BCUT2D eigenvalue weighted by molar-refractivity contribution is 6.30. The van der Waals surface area contributed by atoms with Crippen molar-refractivity contribution in [2.75, 3.05) is 0 Å². The molecular formula is C17H18Cl2FN. The minimum absolute atomic E-state index is 0.136.